The van der Waals surface area contributed by atoms with Crippen LogP contribution in [0.15, 0.2) is 24.3 Å². The molecule has 0 aliphatic rings. The fourth-order valence-corrected chi connectivity index (χ4v) is 2.18. The van der Waals surface area contributed by atoms with Crippen LogP contribution >= 0.6 is 0 Å². The molecule has 0 spiro atoms. The molecule has 0 saturated heterocycles. The van der Waals surface area contributed by atoms with Crippen molar-refractivity contribution in [2.45, 2.75) is 27.3 Å². The van der Waals surface area contributed by atoms with Crippen molar-refractivity contribution >= 4 is 11.5 Å². The Kier molecular flexibility index (Phi) is 4.29. The van der Waals surface area contributed by atoms with Gasteiger partial charge in [-0.05, 0) is 50.6 Å². The number of hydrogen-bond acceptors (Lipinski definition) is 4. The second-order valence-corrected chi connectivity index (χ2v) is 4.64. The third-order valence-corrected chi connectivity index (χ3v) is 3.47. The van der Waals surface area contributed by atoms with Crippen LogP contribution in [0.4, 0.5) is 15.9 Å². The topological polar surface area (TPSA) is 55.0 Å². The summed E-state index contributed by atoms with van der Waals surface area (Å²) >= 11 is 0. The van der Waals surface area contributed by atoms with Gasteiger partial charge in [0.25, 0.3) is 0 Å². The summed E-state index contributed by atoms with van der Waals surface area (Å²) in [6, 6.07) is 6.34. The van der Waals surface area contributed by atoms with Crippen LogP contribution in [-0.2, 0) is 6.54 Å². The van der Waals surface area contributed by atoms with Gasteiger partial charge in [-0.3, -0.25) is 0 Å². The van der Waals surface area contributed by atoms with Gasteiger partial charge in [0.2, 0.25) is 0 Å². The molecule has 2 aromatic rings. The van der Waals surface area contributed by atoms with E-state index < -0.39 is 0 Å². The maximum Gasteiger partial charge on any atom is 0.160 e. The highest BCUT2D eigenvalue weighted by Gasteiger charge is 2.16. The first kappa shape index (κ1) is 14.4. The van der Waals surface area contributed by atoms with Crippen molar-refractivity contribution < 1.29 is 4.39 Å². The Morgan fingerprint density at radius 1 is 1.15 bits per heavy atom. The SMILES string of the molecule is CCN(c1ccc(F)cc1)c1nnc(C)c(C)c1CN. The third-order valence-electron chi connectivity index (χ3n) is 3.47. The summed E-state index contributed by atoms with van der Waals surface area (Å²) in [4.78, 5) is 1.99. The van der Waals surface area contributed by atoms with Crippen LogP contribution < -0.4 is 10.6 Å². The Morgan fingerprint density at radius 3 is 2.35 bits per heavy atom. The molecule has 2 rings (SSSR count). The number of nitrogens with two attached hydrogens (primary N) is 1. The van der Waals surface area contributed by atoms with Crippen LogP contribution in [0.5, 0.6) is 0 Å². The van der Waals surface area contributed by atoms with Crippen LogP contribution in [0.1, 0.15) is 23.7 Å². The minimum absolute atomic E-state index is 0.255. The number of rotatable bonds is 4. The van der Waals surface area contributed by atoms with Crippen molar-refractivity contribution in [2.24, 2.45) is 5.73 Å². The van der Waals surface area contributed by atoms with E-state index in [4.69, 9.17) is 5.73 Å². The molecule has 4 nitrogen and oxygen atoms in total. The summed E-state index contributed by atoms with van der Waals surface area (Å²) in [5.74, 6) is 0.486. The highest BCUT2D eigenvalue weighted by molar-refractivity contribution is 5.63. The van der Waals surface area contributed by atoms with Gasteiger partial charge in [-0.1, -0.05) is 0 Å². The summed E-state index contributed by atoms with van der Waals surface area (Å²) in [6.07, 6.45) is 0. The fraction of sp³-hybridized carbons (Fsp3) is 0.333. The quantitative estimate of drug-likeness (QED) is 0.931. The van der Waals surface area contributed by atoms with Crippen molar-refractivity contribution in [1.82, 2.24) is 10.2 Å². The smallest absolute Gasteiger partial charge is 0.160 e. The molecule has 0 amide bonds. The van der Waals surface area contributed by atoms with E-state index in [-0.39, 0.29) is 5.82 Å². The van der Waals surface area contributed by atoms with Gasteiger partial charge in [-0.25, -0.2) is 4.39 Å². The molecule has 1 heterocycles. The third kappa shape index (κ3) is 2.63. The van der Waals surface area contributed by atoms with Crippen LogP contribution in [0, 0.1) is 19.7 Å². The van der Waals surface area contributed by atoms with Gasteiger partial charge < -0.3 is 10.6 Å². The molecule has 0 atom stereocenters. The molecular formula is C15H19FN4. The van der Waals surface area contributed by atoms with Crippen LogP contribution in [0.25, 0.3) is 0 Å². The number of aromatic nitrogens is 2. The van der Waals surface area contributed by atoms with Crippen LogP contribution in [0.2, 0.25) is 0 Å². The molecule has 0 aliphatic carbocycles. The minimum atomic E-state index is -0.255. The van der Waals surface area contributed by atoms with E-state index >= 15 is 0 Å². The molecule has 1 aromatic carbocycles. The summed E-state index contributed by atoms with van der Waals surface area (Å²) in [7, 11) is 0. The predicted octanol–water partition coefficient (Wildman–Crippen LogP) is 2.85. The second kappa shape index (κ2) is 5.96. The average Bonchev–Trinajstić information content (AvgIpc) is 2.45. The standard InChI is InChI=1S/C15H19FN4/c1-4-20(13-7-5-12(16)6-8-13)15-14(9-17)10(2)11(3)18-19-15/h5-8H,4,9,17H2,1-3H3. The van der Waals surface area contributed by atoms with Gasteiger partial charge in [0.15, 0.2) is 5.82 Å². The van der Waals surface area contributed by atoms with Crippen molar-refractivity contribution in [1.29, 1.82) is 0 Å². The number of hydrogen-bond donors (Lipinski definition) is 1. The van der Waals surface area contributed by atoms with Gasteiger partial charge in [-0.2, -0.15) is 5.10 Å². The maximum atomic E-state index is 13.1. The lowest BCUT2D eigenvalue weighted by molar-refractivity contribution is 0.627. The largest absolute Gasteiger partial charge is 0.326 e. The van der Waals surface area contributed by atoms with E-state index in [2.05, 4.69) is 10.2 Å². The molecule has 0 fully saturated rings. The number of anilines is 2. The Morgan fingerprint density at radius 2 is 1.80 bits per heavy atom. The first-order valence-corrected chi connectivity index (χ1v) is 6.64. The monoisotopic (exact) mass is 274 g/mol. The minimum Gasteiger partial charge on any atom is -0.326 e. The van der Waals surface area contributed by atoms with Crippen LogP contribution in [0.3, 0.4) is 0 Å². The molecular weight excluding hydrogens is 255 g/mol. The molecule has 0 saturated carbocycles. The molecule has 1 aromatic heterocycles. The molecule has 2 N–H and O–H groups in total. The lowest BCUT2D eigenvalue weighted by Crippen LogP contribution is -2.22. The van der Waals surface area contributed by atoms with E-state index in [1.54, 1.807) is 12.1 Å². The predicted molar refractivity (Wildman–Crippen MR) is 78.5 cm³/mol. The zero-order chi connectivity index (χ0) is 14.7. The molecule has 0 radical (unpaired) electrons. The first-order valence-electron chi connectivity index (χ1n) is 6.64. The lowest BCUT2D eigenvalue weighted by Gasteiger charge is -2.25. The highest BCUT2D eigenvalue weighted by atomic mass is 19.1. The van der Waals surface area contributed by atoms with Gasteiger partial charge >= 0.3 is 0 Å². The van der Waals surface area contributed by atoms with E-state index in [1.165, 1.54) is 12.1 Å². The van der Waals surface area contributed by atoms with Crippen molar-refractivity contribution in [3.8, 4) is 0 Å². The number of halogens is 1. The number of benzene rings is 1. The van der Waals surface area contributed by atoms with Gasteiger partial charge in [0.05, 0.1) is 5.69 Å². The number of nitrogens with zero attached hydrogens (tertiary/aromatic N) is 3. The molecule has 0 aliphatic heterocycles. The average molecular weight is 274 g/mol. The van der Waals surface area contributed by atoms with Crippen molar-refractivity contribution in [3.05, 3.63) is 46.9 Å². The molecule has 106 valence electrons. The zero-order valence-electron chi connectivity index (χ0n) is 12.0. The second-order valence-electron chi connectivity index (χ2n) is 4.64. The molecule has 5 heteroatoms. The Hall–Kier alpha value is -2.01. The Bertz CT molecular complexity index is 596. The van der Waals surface area contributed by atoms with E-state index in [9.17, 15) is 4.39 Å². The van der Waals surface area contributed by atoms with Gasteiger partial charge in [-0.15, -0.1) is 5.10 Å². The van der Waals surface area contributed by atoms with E-state index in [0.717, 1.165) is 28.3 Å². The van der Waals surface area contributed by atoms with Crippen molar-refractivity contribution in [3.63, 3.8) is 0 Å². The van der Waals surface area contributed by atoms with Crippen molar-refractivity contribution in [2.75, 3.05) is 11.4 Å². The summed E-state index contributed by atoms with van der Waals surface area (Å²) < 4.78 is 13.1. The van der Waals surface area contributed by atoms with E-state index in [1.807, 2.05) is 25.7 Å². The fourth-order valence-electron chi connectivity index (χ4n) is 2.18. The van der Waals surface area contributed by atoms with Crippen LogP contribution in [-0.4, -0.2) is 16.7 Å². The first-order chi connectivity index (χ1) is 9.58. The van der Waals surface area contributed by atoms with Gasteiger partial charge in [0, 0.05) is 24.3 Å². The summed E-state index contributed by atoms with van der Waals surface area (Å²) in [5, 5.41) is 8.46. The molecule has 20 heavy (non-hydrogen) atoms. The van der Waals surface area contributed by atoms with E-state index in [0.29, 0.717) is 13.1 Å². The van der Waals surface area contributed by atoms with Gasteiger partial charge in [0.1, 0.15) is 5.82 Å². The highest BCUT2D eigenvalue weighted by Crippen LogP contribution is 2.28. The lowest BCUT2D eigenvalue weighted by atomic mass is 10.1. The summed E-state index contributed by atoms with van der Waals surface area (Å²) in [5.41, 5.74) is 9.65. The zero-order valence-corrected chi connectivity index (χ0v) is 12.0. The Labute approximate surface area is 118 Å². The molecule has 0 bridgehead atoms. The normalized spacial score (nSPS) is 10.7. The Balaban J connectivity index is 2.52. The molecule has 0 unspecified atom stereocenters. The maximum absolute atomic E-state index is 13.1. The summed E-state index contributed by atoms with van der Waals surface area (Å²) in [6.45, 7) is 7.03. The number of aryl methyl sites for hydroxylation is 1.